The van der Waals surface area contributed by atoms with Crippen LogP contribution >= 0.6 is 0 Å². The van der Waals surface area contributed by atoms with Gasteiger partial charge in [-0.3, -0.25) is 0 Å². The standard InChI is InChI=1S/C20H18N2O4/c1-14-18(22-19(21-14)16-10-6-3-7-11-16)20(24)26-13-17(23)25-12-15-8-4-2-5-9-15/h2-11H,12-13H2,1H3,(H,21,22). The minimum Gasteiger partial charge on any atom is -0.458 e. The molecule has 1 heterocycles. The highest BCUT2D eigenvalue weighted by Gasteiger charge is 2.18. The zero-order chi connectivity index (χ0) is 18.4. The van der Waals surface area contributed by atoms with Gasteiger partial charge in [-0.2, -0.15) is 0 Å². The largest absolute Gasteiger partial charge is 0.458 e. The molecule has 3 aromatic rings. The molecule has 0 saturated heterocycles. The molecule has 26 heavy (non-hydrogen) atoms. The fourth-order valence-corrected chi connectivity index (χ4v) is 2.36. The van der Waals surface area contributed by atoms with Gasteiger partial charge in [-0.05, 0) is 12.5 Å². The second kappa shape index (κ2) is 8.11. The number of hydrogen-bond acceptors (Lipinski definition) is 5. The third kappa shape index (κ3) is 4.36. The van der Waals surface area contributed by atoms with Crippen molar-refractivity contribution >= 4 is 11.9 Å². The van der Waals surface area contributed by atoms with Gasteiger partial charge in [-0.1, -0.05) is 60.7 Å². The number of esters is 2. The molecule has 0 aliphatic rings. The van der Waals surface area contributed by atoms with Crippen molar-refractivity contribution in [3.63, 3.8) is 0 Å². The topological polar surface area (TPSA) is 81.3 Å². The zero-order valence-electron chi connectivity index (χ0n) is 14.3. The Balaban J connectivity index is 1.55. The normalized spacial score (nSPS) is 10.3. The molecule has 2 aromatic carbocycles. The minimum atomic E-state index is -0.669. The molecule has 0 aliphatic carbocycles. The smallest absolute Gasteiger partial charge is 0.359 e. The summed E-state index contributed by atoms with van der Waals surface area (Å²) in [6.45, 7) is 1.40. The maximum Gasteiger partial charge on any atom is 0.359 e. The van der Waals surface area contributed by atoms with Crippen LogP contribution in [0.25, 0.3) is 11.4 Å². The van der Waals surface area contributed by atoms with E-state index in [0.29, 0.717) is 11.5 Å². The lowest BCUT2D eigenvalue weighted by Crippen LogP contribution is -2.17. The van der Waals surface area contributed by atoms with E-state index in [4.69, 9.17) is 9.47 Å². The van der Waals surface area contributed by atoms with Crippen LogP contribution < -0.4 is 0 Å². The van der Waals surface area contributed by atoms with Crippen molar-refractivity contribution in [1.29, 1.82) is 0 Å². The van der Waals surface area contributed by atoms with E-state index >= 15 is 0 Å². The van der Waals surface area contributed by atoms with Crippen molar-refractivity contribution in [2.45, 2.75) is 13.5 Å². The number of aromatic nitrogens is 2. The predicted molar refractivity (Wildman–Crippen MR) is 95.3 cm³/mol. The SMILES string of the molecule is Cc1[nH]c(-c2ccccc2)nc1C(=O)OCC(=O)OCc1ccccc1. The van der Waals surface area contributed by atoms with Gasteiger partial charge >= 0.3 is 11.9 Å². The summed E-state index contributed by atoms with van der Waals surface area (Å²) in [7, 11) is 0. The second-order valence-corrected chi connectivity index (χ2v) is 5.65. The van der Waals surface area contributed by atoms with Crippen molar-refractivity contribution in [2.24, 2.45) is 0 Å². The van der Waals surface area contributed by atoms with Crippen LogP contribution in [0.1, 0.15) is 21.7 Å². The Labute approximate surface area is 150 Å². The summed E-state index contributed by atoms with van der Waals surface area (Å²) in [5, 5.41) is 0. The summed E-state index contributed by atoms with van der Waals surface area (Å²) in [4.78, 5) is 31.2. The van der Waals surface area contributed by atoms with Gasteiger partial charge in [0.15, 0.2) is 12.3 Å². The average molecular weight is 350 g/mol. The maximum absolute atomic E-state index is 12.2. The van der Waals surface area contributed by atoms with Gasteiger partial charge < -0.3 is 14.5 Å². The molecule has 0 aliphatic heterocycles. The quantitative estimate of drug-likeness (QED) is 0.690. The Bertz CT molecular complexity index is 889. The van der Waals surface area contributed by atoms with Crippen molar-refractivity contribution < 1.29 is 19.1 Å². The molecular weight excluding hydrogens is 332 g/mol. The summed E-state index contributed by atoms with van der Waals surface area (Å²) in [5.74, 6) is -0.710. The average Bonchev–Trinajstić information content (AvgIpc) is 3.08. The van der Waals surface area contributed by atoms with Crippen LogP contribution in [0.2, 0.25) is 0 Å². The minimum absolute atomic E-state index is 0.136. The number of imidazole rings is 1. The van der Waals surface area contributed by atoms with Gasteiger partial charge in [0.05, 0.1) is 0 Å². The van der Waals surface area contributed by atoms with E-state index in [1.165, 1.54) is 0 Å². The number of nitrogens with one attached hydrogen (secondary N) is 1. The lowest BCUT2D eigenvalue weighted by molar-refractivity contribution is -0.148. The van der Waals surface area contributed by atoms with Gasteiger partial charge in [-0.15, -0.1) is 0 Å². The Morgan fingerprint density at radius 3 is 2.31 bits per heavy atom. The van der Waals surface area contributed by atoms with Crippen molar-refractivity contribution in [3.8, 4) is 11.4 Å². The summed E-state index contributed by atoms with van der Waals surface area (Å²) >= 11 is 0. The molecule has 0 unspecified atom stereocenters. The van der Waals surface area contributed by atoms with Crippen LogP contribution in [-0.2, 0) is 20.9 Å². The number of carbonyl (C=O) groups is 2. The summed E-state index contributed by atoms with van der Waals surface area (Å²) < 4.78 is 10.1. The first kappa shape index (κ1) is 17.4. The van der Waals surface area contributed by atoms with Crippen molar-refractivity contribution in [3.05, 3.63) is 77.6 Å². The van der Waals surface area contributed by atoms with Crippen LogP contribution in [-0.4, -0.2) is 28.5 Å². The van der Waals surface area contributed by atoms with E-state index in [1.807, 2.05) is 60.7 Å². The lowest BCUT2D eigenvalue weighted by Gasteiger charge is -2.05. The van der Waals surface area contributed by atoms with Crippen LogP contribution in [0.4, 0.5) is 0 Å². The van der Waals surface area contributed by atoms with Crippen LogP contribution in [0.5, 0.6) is 0 Å². The first-order valence-corrected chi connectivity index (χ1v) is 8.12. The zero-order valence-corrected chi connectivity index (χ0v) is 14.3. The number of carbonyl (C=O) groups excluding carboxylic acids is 2. The number of hydrogen-bond donors (Lipinski definition) is 1. The summed E-state index contributed by atoms with van der Waals surface area (Å²) in [5.41, 5.74) is 2.45. The van der Waals surface area contributed by atoms with Gasteiger partial charge in [-0.25, -0.2) is 14.6 Å². The second-order valence-electron chi connectivity index (χ2n) is 5.65. The Kier molecular flexibility index (Phi) is 5.43. The van der Waals surface area contributed by atoms with Gasteiger partial charge in [0.1, 0.15) is 12.4 Å². The third-order valence-electron chi connectivity index (χ3n) is 3.69. The molecule has 132 valence electrons. The van der Waals surface area contributed by atoms with Crippen LogP contribution in [0, 0.1) is 6.92 Å². The van der Waals surface area contributed by atoms with Gasteiger partial charge in [0, 0.05) is 11.3 Å². The van der Waals surface area contributed by atoms with Gasteiger partial charge in [0.2, 0.25) is 0 Å². The Morgan fingerprint density at radius 1 is 0.962 bits per heavy atom. The van der Waals surface area contributed by atoms with E-state index < -0.39 is 18.5 Å². The predicted octanol–water partition coefficient (Wildman–Crippen LogP) is 3.29. The number of rotatable bonds is 6. The highest BCUT2D eigenvalue weighted by molar-refractivity contribution is 5.90. The number of benzene rings is 2. The highest BCUT2D eigenvalue weighted by Crippen LogP contribution is 2.18. The maximum atomic E-state index is 12.2. The fourth-order valence-electron chi connectivity index (χ4n) is 2.36. The fraction of sp³-hybridized carbons (Fsp3) is 0.150. The Hall–Kier alpha value is -3.41. The molecule has 0 atom stereocenters. The molecule has 3 rings (SSSR count). The molecule has 0 spiro atoms. The van der Waals surface area contributed by atoms with Crippen LogP contribution in [0.3, 0.4) is 0 Å². The van der Waals surface area contributed by atoms with Crippen LogP contribution in [0.15, 0.2) is 60.7 Å². The van der Waals surface area contributed by atoms with E-state index in [2.05, 4.69) is 9.97 Å². The monoisotopic (exact) mass is 350 g/mol. The first-order valence-electron chi connectivity index (χ1n) is 8.12. The van der Waals surface area contributed by atoms with E-state index in [1.54, 1.807) is 6.92 Å². The number of nitrogens with zero attached hydrogens (tertiary/aromatic N) is 1. The molecule has 0 amide bonds. The highest BCUT2D eigenvalue weighted by atomic mass is 16.6. The Morgan fingerprint density at radius 2 is 1.62 bits per heavy atom. The number of aryl methyl sites for hydroxylation is 1. The third-order valence-corrected chi connectivity index (χ3v) is 3.69. The van der Waals surface area contributed by atoms with E-state index in [9.17, 15) is 9.59 Å². The summed E-state index contributed by atoms with van der Waals surface area (Å²) in [6.07, 6.45) is 0. The molecule has 0 saturated carbocycles. The number of ether oxygens (including phenoxy) is 2. The molecule has 0 radical (unpaired) electrons. The molecule has 1 N–H and O–H groups in total. The van der Waals surface area contributed by atoms with E-state index in [0.717, 1.165) is 11.1 Å². The molecule has 1 aromatic heterocycles. The first-order chi connectivity index (χ1) is 12.6. The number of aromatic amines is 1. The molecule has 0 fully saturated rings. The lowest BCUT2D eigenvalue weighted by atomic mass is 10.2. The van der Waals surface area contributed by atoms with Gasteiger partial charge in [0.25, 0.3) is 0 Å². The molecule has 6 heteroatoms. The molecule has 0 bridgehead atoms. The van der Waals surface area contributed by atoms with Crippen molar-refractivity contribution in [1.82, 2.24) is 9.97 Å². The summed E-state index contributed by atoms with van der Waals surface area (Å²) in [6, 6.07) is 18.7. The molecule has 6 nitrogen and oxygen atoms in total. The molecular formula is C20H18N2O4. The number of H-pyrrole nitrogens is 1. The van der Waals surface area contributed by atoms with Crippen molar-refractivity contribution in [2.75, 3.05) is 6.61 Å². The van der Waals surface area contributed by atoms with E-state index in [-0.39, 0.29) is 12.3 Å².